The van der Waals surface area contributed by atoms with E-state index in [1.807, 2.05) is 48.5 Å². The second kappa shape index (κ2) is 8.78. The first-order chi connectivity index (χ1) is 14.6. The minimum absolute atomic E-state index is 0.216. The van der Waals surface area contributed by atoms with Gasteiger partial charge in [0, 0.05) is 6.07 Å². The maximum absolute atomic E-state index is 13.2. The Kier molecular flexibility index (Phi) is 5.75. The van der Waals surface area contributed by atoms with Crippen molar-refractivity contribution in [2.24, 2.45) is 0 Å². The highest BCUT2D eigenvalue weighted by molar-refractivity contribution is 6.03. The van der Waals surface area contributed by atoms with E-state index in [4.69, 9.17) is 9.47 Å². The molecule has 4 rings (SSSR count). The molecule has 0 atom stereocenters. The summed E-state index contributed by atoms with van der Waals surface area (Å²) < 4.78 is 23.5. The third-order valence-corrected chi connectivity index (χ3v) is 4.89. The molecule has 30 heavy (non-hydrogen) atoms. The number of para-hydroxylation sites is 2. The highest BCUT2D eigenvalue weighted by atomic mass is 19.1. The van der Waals surface area contributed by atoms with Crippen molar-refractivity contribution in [2.75, 3.05) is 18.1 Å². The van der Waals surface area contributed by atoms with Crippen molar-refractivity contribution in [3.8, 4) is 5.75 Å². The summed E-state index contributed by atoms with van der Waals surface area (Å²) in [5, 5.41) is 0. The Morgan fingerprint density at radius 3 is 2.10 bits per heavy atom. The van der Waals surface area contributed by atoms with Gasteiger partial charge in [0.25, 0.3) is 5.91 Å². The summed E-state index contributed by atoms with van der Waals surface area (Å²) >= 11 is 0. The van der Waals surface area contributed by atoms with Crippen molar-refractivity contribution in [2.45, 2.75) is 12.8 Å². The van der Waals surface area contributed by atoms with Gasteiger partial charge < -0.3 is 9.47 Å². The fourth-order valence-corrected chi connectivity index (χ4v) is 3.50. The van der Waals surface area contributed by atoms with Gasteiger partial charge in [0.05, 0.1) is 11.4 Å². The maximum Gasteiger partial charge on any atom is 0.344 e. The lowest BCUT2D eigenvalue weighted by atomic mass is 10.0. The van der Waals surface area contributed by atoms with Crippen molar-refractivity contribution in [3.05, 3.63) is 89.7 Å². The molecule has 1 aliphatic heterocycles. The fraction of sp³-hybridized carbons (Fsp3) is 0.167. The van der Waals surface area contributed by atoms with Gasteiger partial charge in [0.2, 0.25) is 0 Å². The normalized spacial score (nSPS) is 12.4. The summed E-state index contributed by atoms with van der Waals surface area (Å²) in [5.41, 5.74) is 3.70. The highest BCUT2D eigenvalue weighted by Crippen LogP contribution is 2.35. The third kappa shape index (κ3) is 4.33. The van der Waals surface area contributed by atoms with Crippen molar-refractivity contribution in [3.63, 3.8) is 0 Å². The number of fused-ring (bicyclic) bond motifs is 2. The van der Waals surface area contributed by atoms with Gasteiger partial charge in [0.15, 0.2) is 13.2 Å². The van der Waals surface area contributed by atoms with Crippen LogP contribution in [0.15, 0.2) is 72.8 Å². The van der Waals surface area contributed by atoms with Crippen molar-refractivity contribution < 1.29 is 23.5 Å². The van der Waals surface area contributed by atoms with Gasteiger partial charge in [-0.05, 0) is 48.2 Å². The predicted octanol–water partition coefficient (Wildman–Crippen LogP) is 4.21. The van der Waals surface area contributed by atoms with Crippen LogP contribution in [0.25, 0.3) is 0 Å². The Labute approximate surface area is 173 Å². The Balaban J connectivity index is 1.46. The number of amides is 1. The molecule has 0 radical (unpaired) electrons. The lowest BCUT2D eigenvalue weighted by molar-refractivity contribution is -0.149. The van der Waals surface area contributed by atoms with E-state index in [2.05, 4.69) is 0 Å². The van der Waals surface area contributed by atoms with Gasteiger partial charge in [-0.25, -0.2) is 9.18 Å². The van der Waals surface area contributed by atoms with Crippen molar-refractivity contribution in [1.29, 1.82) is 0 Å². The first kappa shape index (κ1) is 19.6. The molecule has 1 aliphatic rings. The number of hydrogen-bond donors (Lipinski definition) is 0. The molecule has 0 saturated heterocycles. The Morgan fingerprint density at radius 2 is 1.47 bits per heavy atom. The number of rotatable bonds is 5. The fourth-order valence-electron chi connectivity index (χ4n) is 3.50. The number of benzene rings is 3. The Hall–Kier alpha value is -3.67. The van der Waals surface area contributed by atoms with Crippen molar-refractivity contribution in [1.82, 2.24) is 0 Å². The summed E-state index contributed by atoms with van der Waals surface area (Å²) in [5.74, 6) is -1.30. The number of ether oxygens (including phenoxy) is 2. The van der Waals surface area contributed by atoms with E-state index in [-0.39, 0.29) is 11.7 Å². The maximum atomic E-state index is 13.2. The van der Waals surface area contributed by atoms with Gasteiger partial charge in [-0.2, -0.15) is 0 Å². The molecule has 0 N–H and O–H groups in total. The van der Waals surface area contributed by atoms with E-state index in [0.29, 0.717) is 0 Å². The van der Waals surface area contributed by atoms with Crippen LogP contribution in [0.5, 0.6) is 5.75 Å². The van der Waals surface area contributed by atoms with Crippen LogP contribution in [-0.4, -0.2) is 25.1 Å². The average molecular weight is 405 g/mol. The highest BCUT2D eigenvalue weighted by Gasteiger charge is 2.26. The number of esters is 1. The summed E-state index contributed by atoms with van der Waals surface area (Å²) in [6.45, 7) is -0.835. The number of aryl methyl sites for hydroxylation is 2. The van der Waals surface area contributed by atoms with Crippen LogP contribution < -0.4 is 9.64 Å². The minimum atomic E-state index is -0.705. The number of halogens is 1. The van der Waals surface area contributed by atoms with E-state index in [1.165, 1.54) is 24.3 Å². The lowest BCUT2D eigenvalue weighted by Crippen LogP contribution is -2.32. The second-order valence-electron chi connectivity index (χ2n) is 6.89. The SMILES string of the molecule is O=C(COc1cccc(F)c1)OCC(=O)N1c2ccccc2CCc2ccccc21. The summed E-state index contributed by atoms with van der Waals surface area (Å²) in [7, 11) is 0. The zero-order valence-corrected chi connectivity index (χ0v) is 16.2. The van der Waals surface area contributed by atoms with E-state index in [9.17, 15) is 14.0 Å². The first-order valence-corrected chi connectivity index (χ1v) is 9.64. The zero-order valence-electron chi connectivity index (χ0n) is 16.2. The molecule has 0 bridgehead atoms. The molecule has 3 aromatic rings. The third-order valence-electron chi connectivity index (χ3n) is 4.89. The van der Waals surface area contributed by atoms with Crippen LogP contribution >= 0.6 is 0 Å². The van der Waals surface area contributed by atoms with Crippen LogP contribution in [0.1, 0.15) is 11.1 Å². The van der Waals surface area contributed by atoms with Crippen LogP contribution in [0.3, 0.4) is 0 Å². The van der Waals surface area contributed by atoms with Crippen molar-refractivity contribution >= 4 is 23.3 Å². The predicted molar refractivity (Wildman–Crippen MR) is 110 cm³/mol. The number of carbonyl (C=O) groups is 2. The summed E-state index contributed by atoms with van der Waals surface area (Å²) in [6.07, 6.45) is 1.64. The number of carbonyl (C=O) groups excluding carboxylic acids is 2. The molecule has 0 aliphatic carbocycles. The molecular formula is C24H20FNO4. The molecular weight excluding hydrogens is 385 g/mol. The van der Waals surface area contributed by atoms with Crippen LogP contribution in [0.2, 0.25) is 0 Å². The molecule has 0 unspecified atom stereocenters. The zero-order chi connectivity index (χ0) is 20.9. The molecule has 1 heterocycles. The Bertz CT molecular complexity index is 1030. The topological polar surface area (TPSA) is 55.8 Å². The van der Waals surface area contributed by atoms with E-state index in [0.717, 1.165) is 35.3 Å². The molecule has 152 valence electrons. The molecule has 0 spiro atoms. The van der Waals surface area contributed by atoms with E-state index in [1.54, 1.807) is 4.90 Å². The smallest absolute Gasteiger partial charge is 0.344 e. The molecule has 5 nitrogen and oxygen atoms in total. The summed E-state index contributed by atoms with van der Waals surface area (Å²) in [6, 6.07) is 20.9. The van der Waals surface area contributed by atoms with E-state index < -0.39 is 25.0 Å². The molecule has 0 fully saturated rings. The van der Waals surface area contributed by atoms with Gasteiger partial charge in [-0.1, -0.05) is 42.5 Å². The van der Waals surface area contributed by atoms with Gasteiger partial charge in [-0.15, -0.1) is 0 Å². The summed E-state index contributed by atoms with van der Waals surface area (Å²) in [4.78, 5) is 26.7. The van der Waals surface area contributed by atoms with Crippen LogP contribution in [0.4, 0.5) is 15.8 Å². The molecule has 1 amide bonds. The number of hydrogen-bond acceptors (Lipinski definition) is 4. The van der Waals surface area contributed by atoms with Gasteiger partial charge in [0.1, 0.15) is 11.6 Å². The lowest BCUT2D eigenvalue weighted by Gasteiger charge is -2.24. The number of anilines is 2. The first-order valence-electron chi connectivity index (χ1n) is 9.64. The quantitative estimate of drug-likeness (QED) is 0.597. The standard InChI is InChI=1S/C24H20FNO4/c25-19-8-5-9-20(14-19)29-16-24(28)30-15-23(27)26-21-10-3-1-6-17(21)12-13-18-7-2-4-11-22(18)26/h1-11,14H,12-13,15-16H2. The van der Waals surface area contributed by atoms with Crippen LogP contribution in [0, 0.1) is 5.82 Å². The Morgan fingerprint density at radius 1 is 0.833 bits per heavy atom. The largest absolute Gasteiger partial charge is 0.482 e. The van der Waals surface area contributed by atoms with Gasteiger partial charge in [-0.3, -0.25) is 9.69 Å². The molecule has 0 saturated carbocycles. The average Bonchev–Trinajstić information content (AvgIpc) is 2.93. The molecule has 3 aromatic carbocycles. The molecule has 6 heteroatoms. The van der Waals surface area contributed by atoms with Crippen LogP contribution in [-0.2, 0) is 27.2 Å². The molecule has 0 aromatic heterocycles. The second-order valence-corrected chi connectivity index (χ2v) is 6.89. The monoisotopic (exact) mass is 405 g/mol. The van der Waals surface area contributed by atoms with E-state index >= 15 is 0 Å². The minimum Gasteiger partial charge on any atom is -0.482 e. The van der Waals surface area contributed by atoms with Gasteiger partial charge >= 0.3 is 5.97 Å². The number of nitrogens with zero attached hydrogens (tertiary/aromatic N) is 1.